The molecule has 0 bridgehead atoms. The fraction of sp³-hybridized carbons (Fsp3) is 0.0667. The predicted molar refractivity (Wildman–Crippen MR) is 90.6 cm³/mol. The molecule has 0 fully saturated rings. The van der Waals surface area contributed by atoms with E-state index in [-0.39, 0.29) is 0 Å². The largest absolute Gasteiger partial charge is 0.358 e. The van der Waals surface area contributed by atoms with Gasteiger partial charge in [-0.05, 0) is 47.6 Å². The Morgan fingerprint density at radius 3 is 2.81 bits per heavy atom. The van der Waals surface area contributed by atoms with Crippen molar-refractivity contribution < 1.29 is 0 Å². The fourth-order valence-electron chi connectivity index (χ4n) is 2.01. The number of imidazole rings is 1. The first-order valence-corrected chi connectivity index (χ1v) is 7.23. The Morgan fingerprint density at radius 1 is 1.19 bits per heavy atom. The van der Waals surface area contributed by atoms with Crippen LogP contribution in [0.2, 0.25) is 5.28 Å². The molecule has 0 aliphatic heterocycles. The zero-order valence-corrected chi connectivity index (χ0v) is 12.6. The summed E-state index contributed by atoms with van der Waals surface area (Å²) in [6.45, 7) is 0.685. The Balaban J connectivity index is 1.63. The number of H-pyrrole nitrogens is 1. The van der Waals surface area contributed by atoms with Crippen molar-refractivity contribution in [3.63, 3.8) is 0 Å². The van der Waals surface area contributed by atoms with Crippen LogP contribution < -0.4 is 10.6 Å². The summed E-state index contributed by atoms with van der Waals surface area (Å²) in [4.78, 5) is 7.12. The van der Waals surface area contributed by atoms with E-state index in [1.165, 1.54) is 5.56 Å². The van der Waals surface area contributed by atoms with Crippen LogP contribution >= 0.6 is 23.8 Å². The first-order chi connectivity index (χ1) is 10.2. The summed E-state index contributed by atoms with van der Waals surface area (Å²) >= 11 is 11.1. The molecule has 2 aromatic carbocycles. The Morgan fingerprint density at radius 2 is 2.00 bits per heavy atom. The van der Waals surface area contributed by atoms with Gasteiger partial charge >= 0.3 is 0 Å². The number of nitrogens with zero attached hydrogens (tertiary/aromatic N) is 1. The van der Waals surface area contributed by atoms with Crippen molar-refractivity contribution in [3.8, 4) is 0 Å². The number of fused-ring (bicyclic) bond motifs is 1. The maximum atomic E-state index is 5.83. The average Bonchev–Trinajstić information content (AvgIpc) is 2.85. The predicted octanol–water partition coefficient (Wildman–Crippen LogP) is 3.70. The standard InChI is InChI=1S/C15H13ClN4S/c16-14-19-12-7-6-11(8-13(12)20-14)18-15(21)17-9-10-4-2-1-3-5-10/h1-8H,9H2,(H,19,20)(H2,17,18,21). The molecule has 1 aromatic heterocycles. The summed E-state index contributed by atoms with van der Waals surface area (Å²) in [5.74, 6) is 0. The van der Waals surface area contributed by atoms with Gasteiger partial charge in [0.05, 0.1) is 11.0 Å². The summed E-state index contributed by atoms with van der Waals surface area (Å²) in [6, 6.07) is 15.8. The van der Waals surface area contributed by atoms with Crippen LogP contribution in [0.3, 0.4) is 0 Å². The lowest BCUT2D eigenvalue weighted by Crippen LogP contribution is -2.27. The van der Waals surface area contributed by atoms with E-state index < -0.39 is 0 Å². The van der Waals surface area contributed by atoms with Crippen LogP contribution in [-0.2, 0) is 6.54 Å². The lowest BCUT2D eigenvalue weighted by atomic mass is 10.2. The molecule has 6 heteroatoms. The molecule has 0 saturated heterocycles. The average molecular weight is 317 g/mol. The molecule has 0 unspecified atom stereocenters. The van der Waals surface area contributed by atoms with E-state index in [4.69, 9.17) is 23.8 Å². The molecule has 3 N–H and O–H groups in total. The second-order valence-electron chi connectivity index (χ2n) is 4.55. The highest BCUT2D eigenvalue weighted by Crippen LogP contribution is 2.18. The number of benzene rings is 2. The van der Waals surface area contributed by atoms with Gasteiger partial charge in [-0.1, -0.05) is 30.3 Å². The molecule has 0 aliphatic carbocycles. The van der Waals surface area contributed by atoms with Crippen molar-refractivity contribution in [2.45, 2.75) is 6.54 Å². The number of hydrogen-bond acceptors (Lipinski definition) is 2. The molecule has 21 heavy (non-hydrogen) atoms. The van der Waals surface area contributed by atoms with E-state index in [9.17, 15) is 0 Å². The summed E-state index contributed by atoms with van der Waals surface area (Å²) in [5.41, 5.74) is 3.76. The molecule has 3 rings (SSSR count). The number of thiocarbonyl (C=S) groups is 1. The van der Waals surface area contributed by atoms with Gasteiger partial charge in [0.1, 0.15) is 0 Å². The Hall–Kier alpha value is -2.11. The van der Waals surface area contributed by atoms with Crippen LogP contribution in [0.1, 0.15) is 5.56 Å². The molecule has 0 aliphatic rings. The van der Waals surface area contributed by atoms with Gasteiger partial charge < -0.3 is 15.6 Å². The summed E-state index contributed by atoms with van der Waals surface area (Å²) in [5, 5.41) is 7.27. The number of nitrogens with one attached hydrogen (secondary N) is 3. The minimum Gasteiger partial charge on any atom is -0.358 e. The normalized spacial score (nSPS) is 10.5. The molecule has 0 radical (unpaired) electrons. The Labute approximate surface area is 132 Å². The SMILES string of the molecule is S=C(NCc1ccccc1)Nc1ccc2nc(Cl)[nH]c2c1. The van der Waals surface area contributed by atoms with E-state index in [1.54, 1.807) is 0 Å². The van der Waals surface area contributed by atoms with E-state index in [0.29, 0.717) is 16.9 Å². The fourth-order valence-corrected chi connectivity index (χ4v) is 2.39. The summed E-state index contributed by atoms with van der Waals surface area (Å²) in [6.07, 6.45) is 0. The molecule has 1 heterocycles. The van der Waals surface area contributed by atoms with Crippen LogP contribution in [0, 0.1) is 0 Å². The highest BCUT2D eigenvalue weighted by Gasteiger charge is 2.03. The van der Waals surface area contributed by atoms with Crippen molar-refractivity contribution >= 4 is 45.7 Å². The van der Waals surface area contributed by atoms with Crippen LogP contribution in [0.15, 0.2) is 48.5 Å². The first kappa shape index (κ1) is 13.9. The Kier molecular flexibility index (Phi) is 4.03. The van der Waals surface area contributed by atoms with Crippen molar-refractivity contribution in [3.05, 3.63) is 59.4 Å². The zero-order chi connectivity index (χ0) is 14.7. The molecular formula is C15H13ClN4S. The summed E-state index contributed by atoms with van der Waals surface area (Å²) in [7, 11) is 0. The molecule has 3 aromatic rings. The lowest BCUT2D eigenvalue weighted by Gasteiger charge is -2.10. The molecule has 0 spiro atoms. The van der Waals surface area contributed by atoms with Crippen LogP contribution in [0.5, 0.6) is 0 Å². The van der Waals surface area contributed by atoms with Gasteiger partial charge in [0, 0.05) is 12.2 Å². The van der Waals surface area contributed by atoms with Gasteiger partial charge in [-0.15, -0.1) is 0 Å². The van der Waals surface area contributed by atoms with Crippen molar-refractivity contribution in [2.24, 2.45) is 0 Å². The van der Waals surface area contributed by atoms with Gasteiger partial charge in [-0.3, -0.25) is 0 Å². The molecule has 4 nitrogen and oxygen atoms in total. The van der Waals surface area contributed by atoms with Crippen molar-refractivity contribution in [1.29, 1.82) is 0 Å². The molecule has 0 saturated carbocycles. The van der Waals surface area contributed by atoms with E-state index >= 15 is 0 Å². The van der Waals surface area contributed by atoms with Gasteiger partial charge in [-0.25, -0.2) is 4.98 Å². The number of halogens is 1. The van der Waals surface area contributed by atoms with E-state index in [1.807, 2.05) is 48.5 Å². The number of anilines is 1. The topological polar surface area (TPSA) is 52.7 Å². The van der Waals surface area contributed by atoms with Crippen molar-refractivity contribution in [2.75, 3.05) is 5.32 Å². The van der Waals surface area contributed by atoms with Gasteiger partial charge in [-0.2, -0.15) is 0 Å². The lowest BCUT2D eigenvalue weighted by molar-refractivity contribution is 0.926. The van der Waals surface area contributed by atoms with Crippen LogP contribution in [-0.4, -0.2) is 15.1 Å². The highest BCUT2D eigenvalue weighted by atomic mass is 35.5. The smallest absolute Gasteiger partial charge is 0.201 e. The minimum absolute atomic E-state index is 0.381. The number of aromatic nitrogens is 2. The third kappa shape index (κ3) is 3.51. The summed E-state index contributed by atoms with van der Waals surface area (Å²) < 4.78 is 0. The van der Waals surface area contributed by atoms with Gasteiger partial charge in [0.2, 0.25) is 5.28 Å². The third-order valence-electron chi connectivity index (χ3n) is 3.01. The second-order valence-corrected chi connectivity index (χ2v) is 5.32. The minimum atomic E-state index is 0.381. The monoisotopic (exact) mass is 316 g/mol. The first-order valence-electron chi connectivity index (χ1n) is 6.45. The molecule has 0 amide bonds. The van der Waals surface area contributed by atoms with Gasteiger partial charge in [0.15, 0.2) is 5.11 Å². The van der Waals surface area contributed by atoms with Crippen LogP contribution in [0.25, 0.3) is 11.0 Å². The maximum absolute atomic E-state index is 5.83. The third-order valence-corrected chi connectivity index (χ3v) is 3.43. The maximum Gasteiger partial charge on any atom is 0.201 e. The number of hydrogen-bond donors (Lipinski definition) is 3. The number of rotatable bonds is 3. The highest BCUT2D eigenvalue weighted by molar-refractivity contribution is 7.80. The van der Waals surface area contributed by atoms with Crippen molar-refractivity contribution in [1.82, 2.24) is 15.3 Å². The Bertz CT molecular complexity index is 770. The molecule has 106 valence electrons. The second kappa shape index (κ2) is 6.11. The van der Waals surface area contributed by atoms with E-state index in [2.05, 4.69) is 20.6 Å². The molecular weight excluding hydrogens is 304 g/mol. The quantitative estimate of drug-likeness (QED) is 0.645. The zero-order valence-electron chi connectivity index (χ0n) is 11.1. The van der Waals surface area contributed by atoms with Crippen LogP contribution in [0.4, 0.5) is 5.69 Å². The molecule has 0 atom stereocenters. The van der Waals surface area contributed by atoms with E-state index in [0.717, 1.165) is 16.7 Å². The number of aromatic amines is 1. The van der Waals surface area contributed by atoms with Gasteiger partial charge in [0.25, 0.3) is 0 Å².